The first kappa shape index (κ1) is 19.6. The standard InChI is InChI=1S/C20H21F2N3OS2/c1-11(2)15(22)16-17(25-19(28-16)18-23-8-12(3)27-18)20(10-26-20)24-9-13-4-6-14(21)7-5-13/h4-8,11,15,24H,9-10H2,1-3H3. The Morgan fingerprint density at radius 2 is 1.93 bits per heavy atom. The van der Waals surface area contributed by atoms with Crippen LogP contribution in [-0.4, -0.2) is 16.6 Å². The number of halogens is 2. The van der Waals surface area contributed by atoms with Crippen LogP contribution in [0.5, 0.6) is 0 Å². The maximum atomic E-state index is 15.0. The maximum absolute atomic E-state index is 15.0. The fourth-order valence-corrected chi connectivity index (χ4v) is 4.97. The summed E-state index contributed by atoms with van der Waals surface area (Å²) in [5.41, 5.74) is 0.720. The Morgan fingerprint density at radius 3 is 2.50 bits per heavy atom. The number of ether oxygens (including phenoxy) is 1. The molecule has 148 valence electrons. The summed E-state index contributed by atoms with van der Waals surface area (Å²) in [6, 6.07) is 6.28. The Morgan fingerprint density at radius 1 is 1.21 bits per heavy atom. The van der Waals surface area contributed by atoms with Crippen molar-refractivity contribution in [1.29, 1.82) is 0 Å². The van der Waals surface area contributed by atoms with E-state index in [9.17, 15) is 4.39 Å². The molecule has 4 rings (SSSR count). The maximum Gasteiger partial charge on any atom is 0.187 e. The first-order valence-corrected chi connectivity index (χ1v) is 10.7. The van der Waals surface area contributed by atoms with Crippen LogP contribution >= 0.6 is 22.7 Å². The molecule has 1 N–H and O–H groups in total. The molecule has 2 aromatic heterocycles. The third kappa shape index (κ3) is 3.87. The second kappa shape index (κ2) is 7.59. The number of benzene rings is 1. The van der Waals surface area contributed by atoms with Gasteiger partial charge in [-0.1, -0.05) is 26.0 Å². The number of aromatic nitrogens is 2. The monoisotopic (exact) mass is 421 g/mol. The Labute approximate surface area is 170 Å². The van der Waals surface area contributed by atoms with Crippen molar-refractivity contribution in [1.82, 2.24) is 15.3 Å². The molecule has 2 unspecified atom stereocenters. The van der Waals surface area contributed by atoms with Gasteiger partial charge in [-0.25, -0.2) is 18.7 Å². The van der Waals surface area contributed by atoms with Crippen molar-refractivity contribution in [2.75, 3.05) is 6.61 Å². The highest BCUT2D eigenvalue weighted by Gasteiger charge is 2.51. The Kier molecular flexibility index (Phi) is 5.30. The molecule has 0 spiro atoms. The highest BCUT2D eigenvalue weighted by Crippen LogP contribution is 2.46. The zero-order chi connectivity index (χ0) is 19.9. The molecule has 3 heterocycles. The van der Waals surface area contributed by atoms with E-state index in [2.05, 4.69) is 10.3 Å². The third-order valence-electron chi connectivity index (χ3n) is 4.60. The summed E-state index contributed by atoms with van der Waals surface area (Å²) < 4.78 is 33.9. The van der Waals surface area contributed by atoms with Gasteiger partial charge in [-0.3, -0.25) is 5.32 Å². The van der Waals surface area contributed by atoms with Crippen LogP contribution in [0.3, 0.4) is 0 Å². The van der Waals surface area contributed by atoms with Crippen molar-refractivity contribution in [3.8, 4) is 10.0 Å². The molecule has 0 radical (unpaired) electrons. The van der Waals surface area contributed by atoms with E-state index in [1.165, 1.54) is 23.5 Å². The minimum absolute atomic E-state index is 0.169. The summed E-state index contributed by atoms with van der Waals surface area (Å²) in [7, 11) is 0. The lowest BCUT2D eigenvalue weighted by molar-refractivity contribution is 0.231. The summed E-state index contributed by atoms with van der Waals surface area (Å²) >= 11 is 2.89. The molecule has 1 aliphatic rings. The lowest BCUT2D eigenvalue weighted by atomic mass is 10.0. The van der Waals surface area contributed by atoms with Gasteiger partial charge in [0.2, 0.25) is 0 Å². The molecule has 1 aliphatic heterocycles. The lowest BCUT2D eigenvalue weighted by Crippen LogP contribution is -2.31. The molecule has 1 saturated heterocycles. The molecule has 1 fully saturated rings. The van der Waals surface area contributed by atoms with Gasteiger partial charge in [-0.15, -0.1) is 22.7 Å². The largest absolute Gasteiger partial charge is 0.347 e. The Bertz CT molecular complexity index is 964. The summed E-state index contributed by atoms with van der Waals surface area (Å²) in [4.78, 5) is 10.8. The zero-order valence-electron chi connectivity index (χ0n) is 15.8. The van der Waals surface area contributed by atoms with E-state index in [1.54, 1.807) is 29.7 Å². The average Bonchev–Trinajstić information content (AvgIpc) is 3.11. The highest BCUT2D eigenvalue weighted by atomic mass is 32.1. The summed E-state index contributed by atoms with van der Waals surface area (Å²) in [5.74, 6) is -0.443. The van der Waals surface area contributed by atoms with E-state index in [0.29, 0.717) is 28.7 Å². The minimum Gasteiger partial charge on any atom is -0.347 e. The normalized spacial score (nSPS) is 19.9. The number of epoxide rings is 1. The summed E-state index contributed by atoms with van der Waals surface area (Å²) in [6.07, 6.45) is 0.669. The van der Waals surface area contributed by atoms with Crippen molar-refractivity contribution in [3.63, 3.8) is 0 Å². The number of aryl methyl sites for hydroxylation is 1. The second-order valence-corrected chi connectivity index (χ2v) is 9.51. The third-order valence-corrected chi connectivity index (χ3v) is 6.77. The van der Waals surface area contributed by atoms with Crippen LogP contribution in [-0.2, 0) is 17.0 Å². The van der Waals surface area contributed by atoms with Crippen molar-refractivity contribution in [3.05, 3.63) is 57.3 Å². The minimum atomic E-state index is -1.13. The molecule has 4 nitrogen and oxygen atoms in total. The molecule has 0 amide bonds. The summed E-state index contributed by atoms with van der Waals surface area (Å²) in [5, 5.41) is 4.85. The van der Waals surface area contributed by atoms with Gasteiger partial charge in [-0.05, 0) is 30.5 Å². The summed E-state index contributed by atoms with van der Waals surface area (Å²) in [6.45, 7) is 6.59. The van der Waals surface area contributed by atoms with Gasteiger partial charge in [-0.2, -0.15) is 0 Å². The van der Waals surface area contributed by atoms with Crippen LogP contribution in [0.25, 0.3) is 10.0 Å². The first-order valence-electron chi connectivity index (χ1n) is 9.09. The average molecular weight is 422 g/mol. The molecule has 28 heavy (non-hydrogen) atoms. The Balaban J connectivity index is 1.64. The number of alkyl halides is 1. The number of hydrogen-bond donors (Lipinski definition) is 1. The predicted octanol–water partition coefficient (Wildman–Crippen LogP) is 5.35. The fraction of sp³-hybridized carbons (Fsp3) is 0.400. The van der Waals surface area contributed by atoms with Gasteiger partial charge in [0.15, 0.2) is 15.7 Å². The number of rotatable bonds is 7. The number of hydrogen-bond acceptors (Lipinski definition) is 6. The van der Waals surface area contributed by atoms with E-state index < -0.39 is 11.9 Å². The molecule has 3 aromatic rings. The second-order valence-electron chi connectivity index (χ2n) is 7.25. The van der Waals surface area contributed by atoms with E-state index in [0.717, 1.165) is 15.4 Å². The Hall–Kier alpha value is -1.74. The van der Waals surface area contributed by atoms with Gasteiger partial charge in [0.05, 0.1) is 11.5 Å². The van der Waals surface area contributed by atoms with Crippen LogP contribution < -0.4 is 5.32 Å². The molecule has 0 bridgehead atoms. The molecule has 1 aromatic carbocycles. The van der Waals surface area contributed by atoms with Crippen LogP contribution in [0.1, 0.15) is 41.0 Å². The van der Waals surface area contributed by atoms with Gasteiger partial charge < -0.3 is 4.74 Å². The van der Waals surface area contributed by atoms with E-state index in [1.807, 2.05) is 20.8 Å². The number of nitrogens with one attached hydrogen (secondary N) is 1. The molecule has 0 aliphatic carbocycles. The topological polar surface area (TPSA) is 50.3 Å². The van der Waals surface area contributed by atoms with Gasteiger partial charge >= 0.3 is 0 Å². The molecular weight excluding hydrogens is 400 g/mol. The van der Waals surface area contributed by atoms with Gasteiger partial charge in [0, 0.05) is 17.6 Å². The van der Waals surface area contributed by atoms with Gasteiger partial charge in [0.1, 0.15) is 17.7 Å². The van der Waals surface area contributed by atoms with Crippen LogP contribution in [0.2, 0.25) is 0 Å². The highest BCUT2D eigenvalue weighted by molar-refractivity contribution is 7.21. The van der Waals surface area contributed by atoms with Crippen molar-refractivity contribution in [2.24, 2.45) is 5.92 Å². The van der Waals surface area contributed by atoms with Gasteiger partial charge in [0.25, 0.3) is 0 Å². The van der Waals surface area contributed by atoms with Crippen molar-refractivity contribution in [2.45, 2.75) is 39.2 Å². The number of nitrogens with zero attached hydrogens (tertiary/aromatic N) is 2. The lowest BCUT2D eigenvalue weighted by Gasteiger charge is -2.17. The predicted molar refractivity (Wildman–Crippen MR) is 108 cm³/mol. The SMILES string of the molecule is Cc1cnc(-c2nc(C3(NCc4ccc(F)cc4)CO3)c(C(F)C(C)C)s2)s1. The van der Waals surface area contributed by atoms with Crippen molar-refractivity contribution >= 4 is 22.7 Å². The first-order chi connectivity index (χ1) is 13.4. The van der Waals surface area contributed by atoms with Crippen LogP contribution in [0.4, 0.5) is 8.78 Å². The van der Waals surface area contributed by atoms with Crippen molar-refractivity contribution < 1.29 is 13.5 Å². The quantitative estimate of drug-likeness (QED) is 0.522. The molecule has 8 heteroatoms. The van der Waals surface area contributed by atoms with Crippen LogP contribution in [0.15, 0.2) is 30.5 Å². The molecular formula is C20H21F2N3OS2. The van der Waals surface area contributed by atoms with E-state index in [-0.39, 0.29) is 11.7 Å². The van der Waals surface area contributed by atoms with Crippen LogP contribution in [0, 0.1) is 18.7 Å². The molecule has 0 saturated carbocycles. The smallest absolute Gasteiger partial charge is 0.187 e. The molecule has 2 atom stereocenters. The fourth-order valence-electron chi connectivity index (χ4n) is 2.90. The number of thiazole rings is 2. The van der Waals surface area contributed by atoms with E-state index in [4.69, 9.17) is 9.72 Å². The zero-order valence-corrected chi connectivity index (χ0v) is 17.5. The van der Waals surface area contributed by atoms with E-state index >= 15 is 4.39 Å².